The molecule has 1 aromatic carbocycles. The number of benzene rings is 1. The Balaban J connectivity index is 2.20. The fraction of sp³-hybridized carbons (Fsp3) is 0.0769. The van der Waals surface area contributed by atoms with Gasteiger partial charge in [0, 0.05) is 11.8 Å². The summed E-state index contributed by atoms with van der Waals surface area (Å²) in [7, 11) is -3.63. The van der Waals surface area contributed by atoms with Crippen LogP contribution in [0, 0.1) is 0 Å². The summed E-state index contributed by atoms with van der Waals surface area (Å²) >= 11 is 12.9. The van der Waals surface area contributed by atoms with Crippen molar-refractivity contribution in [3.05, 3.63) is 58.5 Å². The van der Waals surface area contributed by atoms with E-state index < -0.39 is 15.2 Å². The third kappa shape index (κ3) is 2.36. The van der Waals surface area contributed by atoms with Crippen molar-refractivity contribution in [2.45, 2.75) is 10.3 Å². The van der Waals surface area contributed by atoms with Gasteiger partial charge in [-0.3, -0.25) is 3.93 Å². The number of fused-ring (bicyclic) bond motifs is 1. The molecule has 1 atom stereocenters. The van der Waals surface area contributed by atoms with Crippen molar-refractivity contribution in [2.75, 3.05) is 0 Å². The van der Waals surface area contributed by atoms with Crippen LogP contribution in [0.2, 0.25) is 0 Å². The minimum atomic E-state index is -3.63. The highest BCUT2D eigenvalue weighted by Crippen LogP contribution is 2.47. The first-order chi connectivity index (χ1) is 9.94. The molecule has 0 fully saturated rings. The fourth-order valence-corrected chi connectivity index (χ4v) is 5.82. The van der Waals surface area contributed by atoms with Gasteiger partial charge in [-0.2, -0.15) is 0 Å². The molecule has 1 aliphatic rings. The number of sulfone groups is 1. The molecule has 0 spiro atoms. The zero-order chi connectivity index (χ0) is 15.2. The highest BCUT2D eigenvalue weighted by Gasteiger charge is 2.41. The topological polar surface area (TPSA) is 53.2 Å². The Morgan fingerprint density at radius 1 is 1.19 bits per heavy atom. The molecule has 1 aliphatic heterocycles. The van der Waals surface area contributed by atoms with Gasteiger partial charge in [0.1, 0.15) is 4.61 Å². The summed E-state index contributed by atoms with van der Waals surface area (Å²) in [5.74, 6) is 0. The van der Waals surface area contributed by atoms with E-state index in [-0.39, 0.29) is 4.90 Å². The number of nitrogens with zero attached hydrogens (tertiary/aromatic N) is 1. The zero-order valence-electron chi connectivity index (χ0n) is 10.4. The van der Waals surface area contributed by atoms with Gasteiger partial charge in [-0.05, 0) is 34.1 Å². The van der Waals surface area contributed by atoms with E-state index in [4.69, 9.17) is 11.6 Å². The van der Waals surface area contributed by atoms with Crippen LogP contribution >= 0.6 is 43.7 Å². The van der Waals surface area contributed by atoms with E-state index in [0.29, 0.717) is 20.9 Å². The average Bonchev–Trinajstić information content (AvgIpc) is 2.95. The van der Waals surface area contributed by atoms with Gasteiger partial charge in [0.2, 0.25) is 9.84 Å². The first kappa shape index (κ1) is 15.1. The van der Waals surface area contributed by atoms with Crippen LogP contribution in [-0.2, 0) is 9.84 Å². The van der Waals surface area contributed by atoms with E-state index in [9.17, 15) is 8.42 Å². The van der Waals surface area contributed by atoms with Gasteiger partial charge in [-0.25, -0.2) is 8.42 Å². The number of nitrogens with one attached hydrogen (secondary N) is 1. The Kier molecular flexibility index (Phi) is 3.94. The number of hydrogen-bond acceptors (Lipinski definition) is 3. The summed E-state index contributed by atoms with van der Waals surface area (Å²) in [6.07, 6.45) is 1.67. The molecule has 1 unspecified atom stereocenters. The summed E-state index contributed by atoms with van der Waals surface area (Å²) in [5, 5.41) is -0.482. The normalized spacial score (nSPS) is 18.8. The van der Waals surface area contributed by atoms with Crippen molar-refractivity contribution >= 4 is 58.5 Å². The van der Waals surface area contributed by atoms with Crippen LogP contribution < -0.4 is 0 Å². The molecule has 1 N–H and O–H groups in total. The fourth-order valence-electron chi connectivity index (χ4n) is 2.22. The van der Waals surface area contributed by atoms with Crippen molar-refractivity contribution in [1.82, 2.24) is 8.91 Å². The number of H-pyrrole nitrogens is 1. The minimum absolute atomic E-state index is 0.248. The number of halogens is 3. The molecule has 8 heteroatoms. The molecule has 0 radical (unpaired) electrons. The predicted octanol–water partition coefficient (Wildman–Crippen LogP) is 4.37. The van der Waals surface area contributed by atoms with Gasteiger partial charge < -0.3 is 4.98 Å². The van der Waals surface area contributed by atoms with Crippen LogP contribution in [0.5, 0.6) is 0 Å². The summed E-state index contributed by atoms with van der Waals surface area (Å²) in [5.41, 5.74) is 1.20. The average molecular weight is 453 g/mol. The van der Waals surface area contributed by atoms with Crippen molar-refractivity contribution < 1.29 is 8.42 Å². The van der Waals surface area contributed by atoms with E-state index in [2.05, 4.69) is 37.1 Å². The van der Waals surface area contributed by atoms with Crippen LogP contribution in [-0.4, -0.2) is 17.3 Å². The lowest BCUT2D eigenvalue weighted by Crippen LogP contribution is -2.29. The molecule has 4 nitrogen and oxygen atoms in total. The summed E-state index contributed by atoms with van der Waals surface area (Å²) < 4.78 is 27.8. The van der Waals surface area contributed by atoms with Crippen molar-refractivity contribution in [2.24, 2.45) is 0 Å². The Morgan fingerprint density at radius 3 is 2.52 bits per heavy atom. The maximum atomic E-state index is 12.9. The molecular formula is C13H9Br2ClN2O2S. The Hall–Kier alpha value is -0.760. The van der Waals surface area contributed by atoms with E-state index >= 15 is 0 Å². The maximum Gasteiger partial charge on any atom is 0.206 e. The Morgan fingerprint density at radius 2 is 1.86 bits per heavy atom. The van der Waals surface area contributed by atoms with Crippen LogP contribution in [0.25, 0.3) is 5.03 Å². The molecule has 2 aromatic rings. The van der Waals surface area contributed by atoms with Gasteiger partial charge >= 0.3 is 0 Å². The second-order valence-electron chi connectivity index (χ2n) is 4.43. The molecule has 0 bridgehead atoms. The molecule has 1 aromatic heterocycles. The first-order valence-electron chi connectivity index (χ1n) is 5.91. The van der Waals surface area contributed by atoms with Crippen molar-refractivity contribution in [3.8, 4) is 0 Å². The highest BCUT2D eigenvalue weighted by molar-refractivity contribution is 9.13. The van der Waals surface area contributed by atoms with E-state index in [1.807, 2.05) is 0 Å². The van der Waals surface area contributed by atoms with Crippen LogP contribution in [0.1, 0.15) is 16.6 Å². The van der Waals surface area contributed by atoms with Crippen LogP contribution in [0.4, 0.5) is 0 Å². The molecule has 0 aliphatic carbocycles. The van der Waals surface area contributed by atoms with Gasteiger partial charge in [0.25, 0.3) is 0 Å². The Labute approximate surface area is 144 Å². The number of aromatic nitrogens is 1. The third-order valence-corrected chi connectivity index (χ3v) is 8.07. The molecule has 110 valence electrons. The zero-order valence-corrected chi connectivity index (χ0v) is 15.2. The minimum Gasteiger partial charge on any atom is -0.362 e. The SMILES string of the molecule is O=S(=O)(c1ccccc1)C1c2[nH]ccc2C(Cl)=C(Br)N1Br. The number of rotatable bonds is 2. The predicted molar refractivity (Wildman–Crippen MR) is 89.6 cm³/mol. The van der Waals surface area contributed by atoms with E-state index in [1.165, 1.54) is 3.93 Å². The molecule has 21 heavy (non-hydrogen) atoms. The molecule has 0 saturated carbocycles. The first-order valence-corrected chi connectivity index (χ1v) is 9.34. The smallest absolute Gasteiger partial charge is 0.206 e. The van der Waals surface area contributed by atoms with Crippen molar-refractivity contribution in [1.29, 1.82) is 0 Å². The number of hydrogen-bond donors (Lipinski definition) is 1. The lowest BCUT2D eigenvalue weighted by atomic mass is 10.2. The van der Waals surface area contributed by atoms with Crippen LogP contribution in [0.3, 0.4) is 0 Å². The third-order valence-electron chi connectivity index (χ3n) is 3.20. The second-order valence-corrected chi connectivity index (χ2v) is 8.33. The quantitative estimate of drug-likeness (QED) is 0.544. The standard InChI is InChI=1S/C13H9Br2ClN2O2S/c14-12-10(16)9-6-7-17-11(9)13(18(12)15)21(19,20)8-4-2-1-3-5-8/h1-7,13,17H. The lowest BCUT2D eigenvalue weighted by molar-refractivity contribution is 0.516. The van der Waals surface area contributed by atoms with Crippen LogP contribution in [0.15, 0.2) is 52.1 Å². The monoisotopic (exact) mass is 450 g/mol. The molecule has 2 heterocycles. The molecule has 0 saturated heterocycles. The van der Waals surface area contributed by atoms with Gasteiger partial charge in [0.05, 0.1) is 31.8 Å². The highest BCUT2D eigenvalue weighted by atomic mass is 79.9. The number of aromatic amines is 1. The largest absolute Gasteiger partial charge is 0.362 e. The van der Waals surface area contributed by atoms with E-state index in [1.54, 1.807) is 42.6 Å². The maximum absolute atomic E-state index is 12.9. The molecule has 0 amide bonds. The van der Waals surface area contributed by atoms with Gasteiger partial charge in [-0.15, -0.1) is 0 Å². The Bertz CT molecular complexity index is 818. The lowest BCUT2D eigenvalue weighted by Gasteiger charge is -2.31. The van der Waals surface area contributed by atoms with Crippen molar-refractivity contribution in [3.63, 3.8) is 0 Å². The van der Waals surface area contributed by atoms with Gasteiger partial charge in [-0.1, -0.05) is 29.8 Å². The summed E-state index contributed by atoms with van der Waals surface area (Å²) in [4.78, 5) is 3.22. The van der Waals surface area contributed by atoms with E-state index in [0.717, 1.165) is 0 Å². The summed E-state index contributed by atoms with van der Waals surface area (Å²) in [6.45, 7) is 0. The van der Waals surface area contributed by atoms with Gasteiger partial charge in [0.15, 0.2) is 5.37 Å². The molecule has 3 rings (SSSR count). The second kappa shape index (κ2) is 5.46. The summed E-state index contributed by atoms with van der Waals surface area (Å²) in [6, 6.07) is 10.1. The molecular weight excluding hydrogens is 443 g/mol.